The molecule has 0 heterocycles. The highest BCUT2D eigenvalue weighted by Crippen LogP contribution is 2.44. The molecule has 7 nitrogen and oxygen atoms in total. The molecule has 0 radical (unpaired) electrons. The topological polar surface area (TPSA) is 96.0 Å². The van der Waals surface area contributed by atoms with Crippen LogP contribution in [0.5, 0.6) is 0 Å². The number of ketones is 1. The molecular formula is C28H50O7. The fourth-order valence-corrected chi connectivity index (χ4v) is 3.68. The van der Waals surface area contributed by atoms with Gasteiger partial charge in [0.15, 0.2) is 0 Å². The van der Waals surface area contributed by atoms with E-state index >= 15 is 0 Å². The van der Waals surface area contributed by atoms with Gasteiger partial charge in [-0.25, -0.2) is 0 Å². The highest BCUT2D eigenvalue weighted by molar-refractivity contribution is 5.83. The van der Waals surface area contributed by atoms with Crippen molar-refractivity contribution in [2.24, 2.45) is 16.2 Å². The first kappa shape index (κ1) is 33.1. The third-order valence-corrected chi connectivity index (χ3v) is 5.75. The minimum atomic E-state index is -0.580. The normalized spacial score (nSPS) is 12.7. The highest BCUT2D eigenvalue weighted by Gasteiger charge is 2.36. The molecule has 0 bridgehead atoms. The molecule has 0 saturated heterocycles. The lowest BCUT2D eigenvalue weighted by atomic mass is 9.67. The molecule has 0 aliphatic heterocycles. The van der Waals surface area contributed by atoms with Crippen molar-refractivity contribution in [3.63, 3.8) is 0 Å². The van der Waals surface area contributed by atoms with Crippen molar-refractivity contribution in [1.82, 2.24) is 0 Å². The van der Waals surface area contributed by atoms with Crippen molar-refractivity contribution in [1.29, 1.82) is 0 Å². The maximum absolute atomic E-state index is 13.1. The smallest absolute Gasteiger partial charge is 0.309 e. The van der Waals surface area contributed by atoms with Gasteiger partial charge in [0.2, 0.25) is 6.79 Å². The average molecular weight is 499 g/mol. The van der Waals surface area contributed by atoms with Gasteiger partial charge in [0.05, 0.1) is 6.42 Å². The maximum Gasteiger partial charge on any atom is 0.309 e. The Bertz CT molecular complexity index is 684. The summed E-state index contributed by atoms with van der Waals surface area (Å²) >= 11 is 0. The fraction of sp³-hybridized carbons (Fsp3) is 0.857. The molecule has 0 amide bonds. The molecule has 0 aromatic rings. The molecule has 0 N–H and O–H groups in total. The zero-order valence-corrected chi connectivity index (χ0v) is 23.9. The molecule has 204 valence electrons. The van der Waals surface area contributed by atoms with Crippen LogP contribution in [0, 0.1) is 16.2 Å². The Kier molecular flexibility index (Phi) is 13.2. The van der Waals surface area contributed by atoms with E-state index in [2.05, 4.69) is 46.3 Å². The number of ether oxygens (including phenoxy) is 3. The molecule has 0 fully saturated rings. The number of carbonyl (C=O) groups excluding carboxylic acids is 4. The zero-order chi connectivity index (χ0) is 27.5. The Morgan fingerprint density at radius 1 is 0.600 bits per heavy atom. The molecule has 0 aliphatic carbocycles. The summed E-state index contributed by atoms with van der Waals surface area (Å²) in [6, 6.07) is 0. The van der Waals surface area contributed by atoms with Crippen molar-refractivity contribution in [3.05, 3.63) is 0 Å². The predicted octanol–water partition coefficient (Wildman–Crippen LogP) is 6.55. The van der Waals surface area contributed by atoms with Gasteiger partial charge in [-0.05, 0) is 69.1 Å². The lowest BCUT2D eigenvalue weighted by Gasteiger charge is -2.38. The van der Waals surface area contributed by atoms with Gasteiger partial charge in [-0.15, -0.1) is 0 Å². The van der Waals surface area contributed by atoms with E-state index in [4.69, 9.17) is 9.47 Å². The second-order valence-corrected chi connectivity index (χ2v) is 13.2. The third-order valence-electron chi connectivity index (χ3n) is 5.75. The van der Waals surface area contributed by atoms with E-state index < -0.39 is 24.3 Å². The van der Waals surface area contributed by atoms with Gasteiger partial charge in [-0.3, -0.25) is 19.2 Å². The summed E-state index contributed by atoms with van der Waals surface area (Å²) in [6.07, 6.45) is 4.58. The van der Waals surface area contributed by atoms with E-state index in [0.29, 0.717) is 12.8 Å². The minimum absolute atomic E-state index is 0.0264. The summed E-state index contributed by atoms with van der Waals surface area (Å²) in [4.78, 5) is 48.3. The number of esters is 3. The van der Waals surface area contributed by atoms with E-state index in [1.165, 1.54) is 6.92 Å². The van der Waals surface area contributed by atoms with E-state index in [9.17, 15) is 19.2 Å². The number of rotatable bonds is 14. The van der Waals surface area contributed by atoms with Crippen molar-refractivity contribution < 1.29 is 33.4 Å². The Balaban J connectivity index is 5.50. The van der Waals surface area contributed by atoms with Gasteiger partial charge >= 0.3 is 17.9 Å². The summed E-state index contributed by atoms with van der Waals surface area (Å²) in [5.41, 5.74) is -0.736. The SMILES string of the molecule is CC(=O)OCOC(=O)CCC(=O)CC(CCC(=O)OC(C)(C)C)(CCC(C)(C)C)CCC(C)(C)C. The fourth-order valence-electron chi connectivity index (χ4n) is 3.68. The van der Waals surface area contributed by atoms with Crippen LogP contribution in [0.1, 0.15) is 127 Å². The van der Waals surface area contributed by atoms with Gasteiger partial charge in [-0.1, -0.05) is 41.5 Å². The zero-order valence-electron chi connectivity index (χ0n) is 23.9. The molecule has 0 aromatic heterocycles. The second-order valence-electron chi connectivity index (χ2n) is 13.2. The molecule has 7 heteroatoms. The second kappa shape index (κ2) is 14.0. The maximum atomic E-state index is 13.1. The Labute approximate surface area is 213 Å². The Morgan fingerprint density at radius 3 is 1.54 bits per heavy atom. The van der Waals surface area contributed by atoms with Crippen LogP contribution in [0.4, 0.5) is 0 Å². The number of Topliss-reactive ketones (excluding diaryl/α,β-unsaturated/α-hetero) is 1. The van der Waals surface area contributed by atoms with Crippen LogP contribution in [0.2, 0.25) is 0 Å². The standard InChI is InChI=1S/C28H50O7/c1-21(29)33-20-34-23(31)12-11-22(30)19-28(17-15-25(2,3)4,18-16-26(5,6)7)14-13-24(32)35-27(8,9)10/h11-20H2,1-10H3. The van der Waals surface area contributed by atoms with Crippen LogP contribution in [0.3, 0.4) is 0 Å². The first-order valence-electron chi connectivity index (χ1n) is 12.7. The van der Waals surface area contributed by atoms with Gasteiger partial charge in [0, 0.05) is 26.2 Å². The van der Waals surface area contributed by atoms with Crippen LogP contribution in [-0.2, 0) is 33.4 Å². The van der Waals surface area contributed by atoms with Crippen molar-refractivity contribution in [3.8, 4) is 0 Å². The number of carbonyl (C=O) groups is 4. The van der Waals surface area contributed by atoms with E-state index in [1.807, 2.05) is 20.8 Å². The van der Waals surface area contributed by atoms with Gasteiger partial charge in [0.1, 0.15) is 11.4 Å². The van der Waals surface area contributed by atoms with E-state index in [0.717, 1.165) is 25.7 Å². The lowest BCUT2D eigenvalue weighted by molar-refractivity contribution is -0.166. The van der Waals surface area contributed by atoms with Gasteiger partial charge in [0.25, 0.3) is 0 Å². The van der Waals surface area contributed by atoms with Gasteiger partial charge < -0.3 is 14.2 Å². The molecule has 0 aliphatic rings. The Morgan fingerprint density at radius 2 is 1.11 bits per heavy atom. The largest absolute Gasteiger partial charge is 0.460 e. The van der Waals surface area contributed by atoms with Crippen molar-refractivity contribution in [2.75, 3.05) is 6.79 Å². The van der Waals surface area contributed by atoms with Crippen molar-refractivity contribution in [2.45, 2.75) is 133 Å². The molecule has 0 spiro atoms. The minimum Gasteiger partial charge on any atom is -0.460 e. The number of hydrogen-bond donors (Lipinski definition) is 0. The molecule has 35 heavy (non-hydrogen) atoms. The van der Waals surface area contributed by atoms with Crippen LogP contribution in [-0.4, -0.2) is 36.1 Å². The molecule has 0 aromatic carbocycles. The van der Waals surface area contributed by atoms with E-state index in [-0.39, 0.29) is 47.3 Å². The quantitative estimate of drug-likeness (QED) is 0.198. The molecule has 0 unspecified atom stereocenters. The summed E-state index contributed by atoms with van der Waals surface area (Å²) in [6.45, 7) is 19.4. The highest BCUT2D eigenvalue weighted by atomic mass is 16.7. The van der Waals surface area contributed by atoms with E-state index in [1.54, 1.807) is 0 Å². The first-order valence-corrected chi connectivity index (χ1v) is 12.7. The number of hydrogen-bond acceptors (Lipinski definition) is 7. The van der Waals surface area contributed by atoms with Crippen molar-refractivity contribution >= 4 is 23.7 Å². The predicted molar refractivity (Wildman–Crippen MR) is 136 cm³/mol. The third kappa shape index (κ3) is 19.0. The van der Waals surface area contributed by atoms with Crippen LogP contribution in [0.25, 0.3) is 0 Å². The lowest BCUT2D eigenvalue weighted by Crippen LogP contribution is -2.31. The monoisotopic (exact) mass is 498 g/mol. The summed E-state index contributed by atoms with van der Waals surface area (Å²) in [5, 5.41) is 0. The summed E-state index contributed by atoms with van der Waals surface area (Å²) in [5.74, 6) is -1.40. The molecular weight excluding hydrogens is 448 g/mol. The summed E-state index contributed by atoms with van der Waals surface area (Å²) < 4.78 is 15.0. The van der Waals surface area contributed by atoms with Crippen LogP contribution in [0.15, 0.2) is 0 Å². The van der Waals surface area contributed by atoms with Gasteiger partial charge in [-0.2, -0.15) is 0 Å². The molecule has 0 saturated carbocycles. The summed E-state index contributed by atoms with van der Waals surface area (Å²) in [7, 11) is 0. The first-order chi connectivity index (χ1) is 15.7. The molecule has 0 rings (SSSR count). The average Bonchev–Trinajstić information content (AvgIpc) is 2.64. The Hall–Kier alpha value is -1.92. The molecule has 0 atom stereocenters. The van der Waals surface area contributed by atoms with Crippen LogP contribution >= 0.6 is 0 Å². The van der Waals surface area contributed by atoms with Crippen LogP contribution < -0.4 is 0 Å².